The lowest BCUT2D eigenvalue weighted by atomic mass is 9.98. The Morgan fingerprint density at radius 3 is 2.47 bits per heavy atom. The van der Waals surface area contributed by atoms with Gasteiger partial charge in [-0.15, -0.1) is 12.6 Å². The average molecular weight is 251 g/mol. The Kier molecular flexibility index (Phi) is 6.12. The second-order valence-electron chi connectivity index (χ2n) is 4.28. The van der Waals surface area contributed by atoms with E-state index in [1.54, 1.807) is 0 Å². The van der Waals surface area contributed by atoms with Gasteiger partial charge in [0.05, 0.1) is 0 Å². The lowest BCUT2D eigenvalue weighted by Gasteiger charge is -2.14. The number of nitrogens with one attached hydrogen (secondary N) is 1. The van der Waals surface area contributed by atoms with Crippen LogP contribution in [0.5, 0.6) is 0 Å². The van der Waals surface area contributed by atoms with Crippen molar-refractivity contribution in [3.63, 3.8) is 0 Å². The van der Waals surface area contributed by atoms with E-state index in [0.29, 0.717) is 0 Å². The van der Waals surface area contributed by atoms with Crippen LogP contribution in [-0.2, 0) is 4.79 Å². The van der Waals surface area contributed by atoms with Crippen LogP contribution < -0.4 is 5.32 Å². The largest absolute Gasteiger partial charge is 0.326 e. The first-order valence-electron chi connectivity index (χ1n) is 6.27. The molecule has 0 saturated heterocycles. The molecular weight excluding hydrogens is 230 g/mol. The molecule has 0 fully saturated rings. The molecule has 0 aromatic heterocycles. The van der Waals surface area contributed by atoms with Crippen molar-refractivity contribution in [3.05, 3.63) is 24.3 Å². The van der Waals surface area contributed by atoms with Crippen LogP contribution >= 0.6 is 12.6 Å². The van der Waals surface area contributed by atoms with E-state index in [1.165, 1.54) is 0 Å². The van der Waals surface area contributed by atoms with Gasteiger partial charge in [0.2, 0.25) is 5.91 Å². The fourth-order valence-electron chi connectivity index (χ4n) is 1.76. The summed E-state index contributed by atoms with van der Waals surface area (Å²) in [5, 5.41) is 2.96. The summed E-state index contributed by atoms with van der Waals surface area (Å²) in [5.74, 6) is 0.262. The second kappa shape index (κ2) is 7.38. The molecule has 1 aromatic rings. The third-order valence-corrected chi connectivity index (χ3v) is 3.20. The van der Waals surface area contributed by atoms with Gasteiger partial charge in [0.25, 0.3) is 0 Å². The molecule has 0 heterocycles. The maximum absolute atomic E-state index is 12.0. The molecule has 3 heteroatoms. The van der Waals surface area contributed by atoms with Crippen molar-refractivity contribution in [2.75, 3.05) is 5.32 Å². The first-order valence-corrected chi connectivity index (χ1v) is 6.72. The number of carbonyl (C=O) groups excluding carboxylic acids is 1. The number of unbranched alkanes of at least 4 members (excludes halogenated alkanes) is 1. The molecule has 0 aliphatic carbocycles. The van der Waals surface area contributed by atoms with Crippen molar-refractivity contribution in [2.45, 2.75) is 44.4 Å². The van der Waals surface area contributed by atoms with Crippen LogP contribution in [0.2, 0.25) is 0 Å². The molecule has 1 N–H and O–H groups in total. The summed E-state index contributed by atoms with van der Waals surface area (Å²) in [6, 6.07) is 7.52. The highest BCUT2D eigenvalue weighted by atomic mass is 32.1. The summed E-state index contributed by atoms with van der Waals surface area (Å²) in [6.45, 7) is 4.22. The lowest BCUT2D eigenvalue weighted by Crippen LogP contribution is -2.22. The first kappa shape index (κ1) is 14.1. The van der Waals surface area contributed by atoms with E-state index in [0.717, 1.165) is 36.3 Å². The van der Waals surface area contributed by atoms with Crippen molar-refractivity contribution < 1.29 is 4.79 Å². The zero-order valence-corrected chi connectivity index (χ0v) is 11.5. The van der Waals surface area contributed by atoms with Gasteiger partial charge in [-0.2, -0.15) is 0 Å². The normalized spacial score (nSPS) is 12.2. The van der Waals surface area contributed by atoms with E-state index in [1.807, 2.05) is 24.3 Å². The van der Waals surface area contributed by atoms with Crippen LogP contribution in [0.4, 0.5) is 5.69 Å². The minimum absolute atomic E-state index is 0.130. The summed E-state index contributed by atoms with van der Waals surface area (Å²) in [6.07, 6.45) is 4.12. The van der Waals surface area contributed by atoms with E-state index >= 15 is 0 Å². The minimum atomic E-state index is 0.130. The van der Waals surface area contributed by atoms with Crippen molar-refractivity contribution in [1.29, 1.82) is 0 Å². The van der Waals surface area contributed by atoms with Crippen LogP contribution in [-0.4, -0.2) is 5.91 Å². The van der Waals surface area contributed by atoms with E-state index in [-0.39, 0.29) is 11.8 Å². The summed E-state index contributed by atoms with van der Waals surface area (Å²) < 4.78 is 0. The summed E-state index contributed by atoms with van der Waals surface area (Å²) >= 11 is 4.21. The van der Waals surface area contributed by atoms with Gasteiger partial charge in [-0.3, -0.25) is 4.79 Å². The smallest absolute Gasteiger partial charge is 0.227 e. The van der Waals surface area contributed by atoms with E-state index in [4.69, 9.17) is 0 Å². The second-order valence-corrected chi connectivity index (χ2v) is 4.80. The summed E-state index contributed by atoms with van der Waals surface area (Å²) in [7, 11) is 0. The van der Waals surface area contributed by atoms with Gasteiger partial charge in [-0.25, -0.2) is 0 Å². The number of carbonyl (C=O) groups is 1. The zero-order valence-electron chi connectivity index (χ0n) is 10.6. The molecule has 1 amide bonds. The summed E-state index contributed by atoms with van der Waals surface area (Å²) in [5.41, 5.74) is 0.850. The number of hydrogen-bond acceptors (Lipinski definition) is 2. The van der Waals surface area contributed by atoms with Gasteiger partial charge in [-0.1, -0.05) is 26.7 Å². The first-order chi connectivity index (χ1) is 8.17. The number of rotatable bonds is 6. The molecular formula is C14H21NOS. The monoisotopic (exact) mass is 251 g/mol. The molecule has 0 spiro atoms. The molecule has 1 atom stereocenters. The molecule has 17 heavy (non-hydrogen) atoms. The van der Waals surface area contributed by atoms with Crippen LogP contribution in [0.3, 0.4) is 0 Å². The van der Waals surface area contributed by atoms with E-state index in [9.17, 15) is 4.79 Å². The molecule has 2 nitrogen and oxygen atoms in total. The van der Waals surface area contributed by atoms with Crippen LogP contribution in [0.15, 0.2) is 29.2 Å². The number of benzene rings is 1. The van der Waals surface area contributed by atoms with Crippen molar-refractivity contribution in [3.8, 4) is 0 Å². The molecule has 0 aliphatic rings. The van der Waals surface area contributed by atoms with Crippen molar-refractivity contribution >= 4 is 24.2 Å². The Balaban J connectivity index is 2.54. The van der Waals surface area contributed by atoms with Gasteiger partial charge in [0.1, 0.15) is 0 Å². The maximum atomic E-state index is 12.0. The molecule has 1 rings (SSSR count). The quantitative estimate of drug-likeness (QED) is 0.731. The predicted molar refractivity (Wildman–Crippen MR) is 75.6 cm³/mol. The van der Waals surface area contributed by atoms with Gasteiger partial charge in [-0.05, 0) is 37.1 Å². The Hall–Kier alpha value is -0.960. The highest BCUT2D eigenvalue weighted by Crippen LogP contribution is 2.17. The molecule has 0 unspecified atom stereocenters. The number of thiol groups is 1. The van der Waals surface area contributed by atoms with Gasteiger partial charge >= 0.3 is 0 Å². The van der Waals surface area contributed by atoms with Crippen molar-refractivity contribution in [1.82, 2.24) is 0 Å². The predicted octanol–water partition coefficient (Wildman–Crippen LogP) is 4.13. The third kappa shape index (κ3) is 4.82. The third-order valence-electron chi connectivity index (χ3n) is 2.90. The highest BCUT2D eigenvalue weighted by Gasteiger charge is 2.15. The standard InChI is InChI=1S/C14H21NOS/c1-3-5-6-11(4-2)14(16)15-12-7-9-13(17)10-8-12/h7-11,17H,3-6H2,1-2H3,(H,15,16)/t11-/m0/s1. The lowest BCUT2D eigenvalue weighted by molar-refractivity contribution is -0.120. The van der Waals surface area contributed by atoms with Gasteiger partial charge in [0, 0.05) is 16.5 Å². The highest BCUT2D eigenvalue weighted by molar-refractivity contribution is 7.80. The van der Waals surface area contributed by atoms with E-state index in [2.05, 4.69) is 31.8 Å². The van der Waals surface area contributed by atoms with Crippen LogP contribution in [0.1, 0.15) is 39.5 Å². The zero-order chi connectivity index (χ0) is 12.7. The molecule has 94 valence electrons. The van der Waals surface area contributed by atoms with Crippen molar-refractivity contribution in [2.24, 2.45) is 5.92 Å². The molecule has 1 aromatic carbocycles. The Labute approximate surface area is 109 Å². The SMILES string of the molecule is CCCC[C@H](CC)C(=O)Nc1ccc(S)cc1. The fourth-order valence-corrected chi connectivity index (χ4v) is 1.91. The average Bonchev–Trinajstić information content (AvgIpc) is 2.33. The number of hydrogen-bond donors (Lipinski definition) is 2. The topological polar surface area (TPSA) is 29.1 Å². The number of amides is 1. The molecule has 0 bridgehead atoms. The molecule has 0 saturated carbocycles. The van der Waals surface area contributed by atoms with Crippen LogP contribution in [0, 0.1) is 5.92 Å². The van der Waals surface area contributed by atoms with Gasteiger partial charge < -0.3 is 5.32 Å². The van der Waals surface area contributed by atoms with Crippen LogP contribution in [0.25, 0.3) is 0 Å². The minimum Gasteiger partial charge on any atom is -0.326 e. The molecule has 0 aliphatic heterocycles. The Morgan fingerprint density at radius 1 is 1.29 bits per heavy atom. The summed E-state index contributed by atoms with van der Waals surface area (Å²) in [4.78, 5) is 12.9. The fraction of sp³-hybridized carbons (Fsp3) is 0.500. The van der Waals surface area contributed by atoms with Gasteiger partial charge in [0.15, 0.2) is 0 Å². The maximum Gasteiger partial charge on any atom is 0.227 e. The Bertz CT molecular complexity index is 348. The van der Waals surface area contributed by atoms with E-state index < -0.39 is 0 Å². The molecule has 0 radical (unpaired) electrons. The number of anilines is 1. The Morgan fingerprint density at radius 2 is 1.94 bits per heavy atom.